The lowest BCUT2D eigenvalue weighted by Crippen LogP contribution is -2.54. The number of urea groups is 1. The van der Waals surface area contributed by atoms with Gasteiger partial charge in [-0.25, -0.2) is 9.59 Å². The molecule has 1 saturated carbocycles. The first kappa shape index (κ1) is 14.7. The van der Waals surface area contributed by atoms with Gasteiger partial charge in [0.05, 0.1) is 0 Å². The number of terminal acetylenes is 1. The number of carboxylic acid groups (broad SMARTS) is 1. The van der Waals surface area contributed by atoms with Gasteiger partial charge < -0.3 is 15.3 Å². The van der Waals surface area contributed by atoms with Gasteiger partial charge in [-0.3, -0.25) is 4.90 Å². The molecule has 2 aliphatic rings. The average Bonchev–Trinajstić information content (AvgIpc) is 3.22. The normalized spacial score (nSPS) is 21.1. The first-order valence-electron chi connectivity index (χ1n) is 7.04. The number of hydrogen-bond donors (Lipinski definition) is 2. The molecule has 0 aromatic rings. The Balaban J connectivity index is 1.75. The minimum atomic E-state index is -1.09. The molecular formula is C14H21N3O3. The molecule has 1 aliphatic carbocycles. The third kappa shape index (κ3) is 4.14. The van der Waals surface area contributed by atoms with Crippen molar-refractivity contribution >= 4 is 12.0 Å². The van der Waals surface area contributed by atoms with E-state index in [1.54, 1.807) is 4.90 Å². The van der Waals surface area contributed by atoms with Gasteiger partial charge in [0.15, 0.2) is 0 Å². The summed E-state index contributed by atoms with van der Waals surface area (Å²) in [6, 6.07) is -1.34. The van der Waals surface area contributed by atoms with E-state index in [9.17, 15) is 9.59 Å². The maximum Gasteiger partial charge on any atom is 0.327 e. The van der Waals surface area contributed by atoms with Gasteiger partial charge in [0.1, 0.15) is 6.04 Å². The zero-order valence-electron chi connectivity index (χ0n) is 11.5. The zero-order chi connectivity index (χ0) is 14.5. The summed E-state index contributed by atoms with van der Waals surface area (Å²) in [5.74, 6) is 2.03. The number of nitrogens with zero attached hydrogens (tertiary/aromatic N) is 2. The minimum Gasteiger partial charge on any atom is -0.480 e. The second-order valence-corrected chi connectivity index (χ2v) is 5.48. The summed E-state index contributed by atoms with van der Waals surface area (Å²) in [7, 11) is 0. The highest BCUT2D eigenvalue weighted by atomic mass is 16.4. The van der Waals surface area contributed by atoms with Crippen LogP contribution in [0.25, 0.3) is 0 Å². The van der Waals surface area contributed by atoms with Gasteiger partial charge >= 0.3 is 12.0 Å². The van der Waals surface area contributed by atoms with Crippen LogP contribution in [0.3, 0.4) is 0 Å². The molecule has 1 heterocycles. The molecule has 1 atom stereocenters. The molecule has 2 rings (SSSR count). The Kier molecular flexibility index (Phi) is 4.85. The lowest BCUT2D eigenvalue weighted by atomic mass is 10.2. The van der Waals surface area contributed by atoms with Crippen molar-refractivity contribution in [2.24, 2.45) is 5.92 Å². The Labute approximate surface area is 119 Å². The van der Waals surface area contributed by atoms with Crippen LogP contribution in [0, 0.1) is 18.3 Å². The van der Waals surface area contributed by atoms with Crippen LogP contribution in [0.5, 0.6) is 0 Å². The topological polar surface area (TPSA) is 72.9 Å². The summed E-state index contributed by atoms with van der Waals surface area (Å²) >= 11 is 0. The van der Waals surface area contributed by atoms with Gasteiger partial charge in [-0.05, 0) is 18.8 Å². The van der Waals surface area contributed by atoms with Crippen molar-refractivity contribution in [2.75, 3.05) is 32.7 Å². The van der Waals surface area contributed by atoms with Gasteiger partial charge in [-0.1, -0.05) is 0 Å². The van der Waals surface area contributed by atoms with E-state index in [1.807, 2.05) is 0 Å². The highest BCUT2D eigenvalue weighted by Crippen LogP contribution is 2.29. The molecule has 1 unspecified atom stereocenters. The molecule has 1 aliphatic heterocycles. The highest BCUT2D eigenvalue weighted by molar-refractivity contribution is 5.82. The monoisotopic (exact) mass is 279 g/mol. The molecule has 6 heteroatoms. The van der Waals surface area contributed by atoms with Crippen LogP contribution in [-0.4, -0.2) is 65.7 Å². The van der Waals surface area contributed by atoms with Gasteiger partial charge in [0.25, 0.3) is 0 Å². The van der Waals surface area contributed by atoms with E-state index in [-0.39, 0.29) is 12.5 Å². The van der Waals surface area contributed by atoms with Crippen molar-refractivity contribution in [3.63, 3.8) is 0 Å². The Bertz CT molecular complexity index is 406. The number of piperazine rings is 1. The van der Waals surface area contributed by atoms with Gasteiger partial charge in [-0.2, -0.15) is 0 Å². The third-order valence-corrected chi connectivity index (χ3v) is 3.79. The highest BCUT2D eigenvalue weighted by Gasteiger charge is 2.28. The molecule has 0 radical (unpaired) electrons. The lowest BCUT2D eigenvalue weighted by molar-refractivity contribution is -0.139. The molecule has 0 spiro atoms. The van der Waals surface area contributed by atoms with Crippen LogP contribution >= 0.6 is 0 Å². The fraction of sp³-hybridized carbons (Fsp3) is 0.714. The van der Waals surface area contributed by atoms with E-state index >= 15 is 0 Å². The van der Waals surface area contributed by atoms with E-state index in [2.05, 4.69) is 16.1 Å². The van der Waals surface area contributed by atoms with Crippen molar-refractivity contribution in [2.45, 2.75) is 25.3 Å². The number of carbonyl (C=O) groups is 2. The maximum atomic E-state index is 12.0. The number of carboxylic acids is 1. The number of aliphatic carboxylic acids is 1. The van der Waals surface area contributed by atoms with Crippen LogP contribution in [0.4, 0.5) is 4.79 Å². The first-order chi connectivity index (χ1) is 9.60. The summed E-state index contributed by atoms with van der Waals surface area (Å²) in [6.07, 6.45) is 7.76. The van der Waals surface area contributed by atoms with Gasteiger partial charge in [0.2, 0.25) is 0 Å². The largest absolute Gasteiger partial charge is 0.480 e. The van der Waals surface area contributed by atoms with E-state index in [1.165, 1.54) is 12.8 Å². The summed E-state index contributed by atoms with van der Waals surface area (Å²) in [6.45, 7) is 4.12. The molecular weight excluding hydrogens is 258 g/mol. The Hall–Kier alpha value is -1.74. The van der Waals surface area contributed by atoms with Crippen molar-refractivity contribution in [1.29, 1.82) is 0 Å². The lowest BCUT2D eigenvalue weighted by Gasteiger charge is -2.35. The SMILES string of the molecule is C#CCC(NC(=O)N1CCN(CC2CC2)CC1)C(=O)O. The average molecular weight is 279 g/mol. The Morgan fingerprint density at radius 1 is 1.30 bits per heavy atom. The van der Waals surface area contributed by atoms with Crippen molar-refractivity contribution < 1.29 is 14.7 Å². The van der Waals surface area contributed by atoms with E-state index in [4.69, 9.17) is 11.5 Å². The maximum absolute atomic E-state index is 12.0. The second-order valence-electron chi connectivity index (χ2n) is 5.48. The Morgan fingerprint density at radius 2 is 1.95 bits per heavy atom. The molecule has 0 aromatic carbocycles. The second kappa shape index (κ2) is 6.62. The summed E-state index contributed by atoms with van der Waals surface area (Å²) in [5.41, 5.74) is 0. The Morgan fingerprint density at radius 3 is 2.45 bits per heavy atom. The van der Waals surface area contributed by atoms with Crippen molar-refractivity contribution in [3.05, 3.63) is 0 Å². The molecule has 20 heavy (non-hydrogen) atoms. The molecule has 0 bridgehead atoms. The van der Waals surface area contributed by atoms with Crippen molar-refractivity contribution in [3.8, 4) is 12.3 Å². The van der Waals surface area contributed by atoms with Crippen LogP contribution < -0.4 is 5.32 Å². The van der Waals surface area contributed by atoms with E-state index in [0.717, 1.165) is 25.6 Å². The molecule has 2 amide bonds. The summed E-state index contributed by atoms with van der Waals surface area (Å²) in [4.78, 5) is 27.0. The van der Waals surface area contributed by atoms with E-state index < -0.39 is 12.0 Å². The quantitative estimate of drug-likeness (QED) is 0.705. The number of carbonyl (C=O) groups excluding carboxylic acids is 1. The fourth-order valence-corrected chi connectivity index (χ4v) is 2.36. The minimum absolute atomic E-state index is 0.00270. The van der Waals surface area contributed by atoms with E-state index in [0.29, 0.717) is 13.1 Å². The number of nitrogens with one attached hydrogen (secondary N) is 1. The number of rotatable bonds is 5. The van der Waals surface area contributed by atoms with Crippen LogP contribution in [0.15, 0.2) is 0 Å². The van der Waals surface area contributed by atoms with Gasteiger partial charge in [0, 0.05) is 39.1 Å². The predicted octanol–water partition coefficient (Wildman–Crippen LogP) is 0.200. The molecule has 2 fully saturated rings. The molecule has 0 aromatic heterocycles. The summed E-state index contributed by atoms with van der Waals surface area (Å²) < 4.78 is 0. The number of amides is 2. The molecule has 110 valence electrons. The zero-order valence-corrected chi connectivity index (χ0v) is 11.5. The predicted molar refractivity (Wildman–Crippen MR) is 74.1 cm³/mol. The van der Waals surface area contributed by atoms with Crippen LogP contribution in [0.2, 0.25) is 0 Å². The summed E-state index contributed by atoms with van der Waals surface area (Å²) in [5, 5.41) is 11.4. The fourth-order valence-electron chi connectivity index (χ4n) is 2.36. The smallest absolute Gasteiger partial charge is 0.327 e. The van der Waals surface area contributed by atoms with Crippen molar-refractivity contribution in [1.82, 2.24) is 15.1 Å². The standard InChI is InChI=1S/C14H21N3O3/c1-2-3-12(13(18)19)15-14(20)17-8-6-16(7-9-17)10-11-4-5-11/h1,11-12H,3-10H2,(H,15,20)(H,18,19). The molecule has 6 nitrogen and oxygen atoms in total. The molecule has 2 N–H and O–H groups in total. The number of hydrogen-bond acceptors (Lipinski definition) is 3. The third-order valence-electron chi connectivity index (χ3n) is 3.79. The first-order valence-corrected chi connectivity index (χ1v) is 7.04. The van der Waals surface area contributed by atoms with Gasteiger partial charge in [-0.15, -0.1) is 12.3 Å². The van der Waals surface area contributed by atoms with Crippen LogP contribution in [0.1, 0.15) is 19.3 Å². The van der Waals surface area contributed by atoms with Crippen LogP contribution in [-0.2, 0) is 4.79 Å². The molecule has 1 saturated heterocycles.